The monoisotopic (exact) mass is 236 g/mol. The lowest BCUT2D eigenvalue weighted by atomic mass is 10.2. The molecule has 0 amide bonds. The van der Waals surface area contributed by atoms with Crippen molar-refractivity contribution in [3.8, 4) is 0 Å². The van der Waals surface area contributed by atoms with E-state index in [9.17, 15) is 9.59 Å². The fraction of sp³-hybridized carbons (Fsp3) is 0.417. The standard InChI is InChI=1S/C12H16N2O3/c1-4-10(11(15)16)5-6-14-9(3)7-8(2)13-12(14)17/h5,7H,4,6H2,1-3H3,(H,15,16). The van der Waals surface area contributed by atoms with Gasteiger partial charge in [-0.1, -0.05) is 13.0 Å². The third-order valence-corrected chi connectivity index (χ3v) is 2.52. The molecule has 0 atom stereocenters. The highest BCUT2D eigenvalue weighted by atomic mass is 16.4. The van der Waals surface area contributed by atoms with Gasteiger partial charge in [0.2, 0.25) is 0 Å². The quantitative estimate of drug-likeness (QED) is 0.799. The Morgan fingerprint density at radius 1 is 1.53 bits per heavy atom. The highest BCUT2D eigenvalue weighted by Gasteiger charge is 2.05. The summed E-state index contributed by atoms with van der Waals surface area (Å²) in [6.45, 7) is 5.57. The first-order valence-electron chi connectivity index (χ1n) is 5.43. The average molecular weight is 236 g/mol. The van der Waals surface area contributed by atoms with E-state index in [0.29, 0.717) is 17.7 Å². The van der Waals surface area contributed by atoms with Gasteiger partial charge in [-0.05, 0) is 26.3 Å². The summed E-state index contributed by atoms with van der Waals surface area (Å²) >= 11 is 0. The largest absolute Gasteiger partial charge is 0.478 e. The van der Waals surface area contributed by atoms with Gasteiger partial charge in [0.25, 0.3) is 0 Å². The molecule has 0 aromatic carbocycles. The number of nitrogens with zero attached hydrogens (tertiary/aromatic N) is 2. The number of aryl methyl sites for hydroxylation is 2. The second-order valence-electron chi connectivity index (χ2n) is 3.82. The van der Waals surface area contributed by atoms with Gasteiger partial charge in [-0.2, -0.15) is 4.98 Å². The first-order valence-corrected chi connectivity index (χ1v) is 5.43. The molecule has 0 saturated carbocycles. The van der Waals surface area contributed by atoms with Gasteiger partial charge >= 0.3 is 11.7 Å². The maximum atomic E-state index is 11.6. The zero-order valence-corrected chi connectivity index (χ0v) is 10.2. The Morgan fingerprint density at radius 3 is 2.65 bits per heavy atom. The van der Waals surface area contributed by atoms with Gasteiger partial charge in [-0.3, -0.25) is 4.57 Å². The predicted molar refractivity (Wildman–Crippen MR) is 64.0 cm³/mol. The van der Waals surface area contributed by atoms with Crippen LogP contribution in [-0.2, 0) is 11.3 Å². The Morgan fingerprint density at radius 2 is 2.18 bits per heavy atom. The van der Waals surface area contributed by atoms with Crippen LogP contribution in [0.4, 0.5) is 0 Å². The van der Waals surface area contributed by atoms with E-state index < -0.39 is 5.97 Å². The van der Waals surface area contributed by atoms with E-state index in [-0.39, 0.29) is 12.2 Å². The molecule has 1 rings (SSSR count). The molecule has 17 heavy (non-hydrogen) atoms. The molecule has 0 spiro atoms. The van der Waals surface area contributed by atoms with Crippen LogP contribution >= 0.6 is 0 Å². The summed E-state index contributed by atoms with van der Waals surface area (Å²) < 4.78 is 1.45. The topological polar surface area (TPSA) is 72.2 Å². The van der Waals surface area contributed by atoms with E-state index in [0.717, 1.165) is 5.69 Å². The fourth-order valence-corrected chi connectivity index (χ4v) is 1.58. The summed E-state index contributed by atoms with van der Waals surface area (Å²) in [5.74, 6) is -0.946. The fourth-order valence-electron chi connectivity index (χ4n) is 1.58. The van der Waals surface area contributed by atoms with Crippen molar-refractivity contribution in [2.45, 2.75) is 33.7 Å². The zero-order valence-electron chi connectivity index (χ0n) is 10.2. The number of aliphatic carboxylic acids is 1. The maximum Gasteiger partial charge on any atom is 0.348 e. The van der Waals surface area contributed by atoms with Crippen LogP contribution in [0.2, 0.25) is 0 Å². The number of carboxylic acids is 1. The lowest BCUT2D eigenvalue weighted by Gasteiger charge is -2.07. The van der Waals surface area contributed by atoms with Crippen LogP contribution in [0.15, 0.2) is 22.5 Å². The zero-order chi connectivity index (χ0) is 13.0. The van der Waals surface area contributed by atoms with Gasteiger partial charge in [-0.15, -0.1) is 0 Å². The van der Waals surface area contributed by atoms with Crippen molar-refractivity contribution in [3.63, 3.8) is 0 Å². The second kappa shape index (κ2) is 5.43. The molecule has 0 aliphatic carbocycles. The molecule has 0 bridgehead atoms. The first-order chi connectivity index (χ1) is 7.95. The number of hydrogen-bond donors (Lipinski definition) is 1. The molecule has 1 aromatic heterocycles. The predicted octanol–water partition coefficient (Wildman–Crippen LogP) is 1.28. The summed E-state index contributed by atoms with van der Waals surface area (Å²) in [6, 6.07) is 1.79. The Kier molecular flexibility index (Phi) is 4.20. The third kappa shape index (κ3) is 3.27. The summed E-state index contributed by atoms with van der Waals surface area (Å²) in [7, 11) is 0. The maximum absolute atomic E-state index is 11.6. The van der Waals surface area contributed by atoms with Crippen LogP contribution in [-0.4, -0.2) is 20.6 Å². The van der Waals surface area contributed by atoms with Gasteiger partial charge in [0.15, 0.2) is 0 Å². The van der Waals surface area contributed by atoms with E-state index in [1.54, 1.807) is 32.9 Å². The number of carbonyl (C=O) groups is 1. The van der Waals surface area contributed by atoms with E-state index in [1.807, 2.05) is 0 Å². The van der Waals surface area contributed by atoms with Crippen molar-refractivity contribution < 1.29 is 9.90 Å². The molecule has 92 valence electrons. The van der Waals surface area contributed by atoms with Crippen LogP contribution in [0, 0.1) is 13.8 Å². The molecule has 0 radical (unpaired) electrons. The minimum atomic E-state index is -0.946. The summed E-state index contributed by atoms with van der Waals surface area (Å²) in [6.07, 6.45) is 1.98. The van der Waals surface area contributed by atoms with Crippen molar-refractivity contribution in [1.82, 2.24) is 9.55 Å². The van der Waals surface area contributed by atoms with Gasteiger partial charge in [0, 0.05) is 23.5 Å². The SMILES string of the molecule is CCC(=CCn1c(C)cc(C)nc1=O)C(=O)O. The van der Waals surface area contributed by atoms with Gasteiger partial charge in [-0.25, -0.2) is 9.59 Å². The van der Waals surface area contributed by atoms with Crippen molar-refractivity contribution >= 4 is 5.97 Å². The molecular weight excluding hydrogens is 220 g/mol. The van der Waals surface area contributed by atoms with Gasteiger partial charge < -0.3 is 5.11 Å². The Balaban J connectivity index is 3.05. The number of allylic oxidation sites excluding steroid dienone is 1. The molecule has 0 fully saturated rings. The molecule has 5 heteroatoms. The molecule has 1 heterocycles. The van der Waals surface area contributed by atoms with Gasteiger partial charge in [0.1, 0.15) is 0 Å². The number of rotatable bonds is 4. The second-order valence-corrected chi connectivity index (χ2v) is 3.82. The van der Waals surface area contributed by atoms with Crippen molar-refractivity contribution in [2.24, 2.45) is 0 Å². The molecule has 1 N–H and O–H groups in total. The van der Waals surface area contributed by atoms with E-state index in [1.165, 1.54) is 4.57 Å². The lowest BCUT2D eigenvalue weighted by Crippen LogP contribution is -2.25. The highest BCUT2D eigenvalue weighted by molar-refractivity contribution is 5.86. The van der Waals surface area contributed by atoms with Crippen LogP contribution < -0.4 is 5.69 Å². The van der Waals surface area contributed by atoms with Crippen molar-refractivity contribution in [3.05, 3.63) is 39.6 Å². The van der Waals surface area contributed by atoms with E-state index >= 15 is 0 Å². The Labute approximate surface area is 99.4 Å². The number of carboxylic acid groups (broad SMARTS) is 1. The van der Waals surface area contributed by atoms with Crippen molar-refractivity contribution in [2.75, 3.05) is 0 Å². The Hall–Kier alpha value is -1.91. The van der Waals surface area contributed by atoms with E-state index in [2.05, 4.69) is 4.98 Å². The average Bonchev–Trinajstić information content (AvgIpc) is 2.21. The third-order valence-electron chi connectivity index (χ3n) is 2.52. The summed E-state index contributed by atoms with van der Waals surface area (Å²) in [4.78, 5) is 26.2. The van der Waals surface area contributed by atoms with Gasteiger partial charge in [0.05, 0.1) is 0 Å². The van der Waals surface area contributed by atoms with Crippen molar-refractivity contribution in [1.29, 1.82) is 0 Å². The number of hydrogen-bond acceptors (Lipinski definition) is 3. The lowest BCUT2D eigenvalue weighted by molar-refractivity contribution is -0.132. The van der Waals surface area contributed by atoms with Crippen LogP contribution in [0.3, 0.4) is 0 Å². The number of aromatic nitrogens is 2. The molecule has 5 nitrogen and oxygen atoms in total. The minimum Gasteiger partial charge on any atom is -0.478 e. The summed E-state index contributed by atoms with van der Waals surface area (Å²) in [5.41, 5.74) is 1.40. The Bertz CT molecular complexity index is 515. The van der Waals surface area contributed by atoms with Crippen LogP contribution in [0.1, 0.15) is 24.7 Å². The molecule has 0 unspecified atom stereocenters. The smallest absolute Gasteiger partial charge is 0.348 e. The molecule has 0 aliphatic rings. The van der Waals surface area contributed by atoms with Crippen LogP contribution in [0.25, 0.3) is 0 Å². The molecular formula is C12H16N2O3. The van der Waals surface area contributed by atoms with Crippen LogP contribution in [0.5, 0.6) is 0 Å². The normalized spacial score (nSPS) is 11.6. The summed E-state index contributed by atoms with van der Waals surface area (Å²) in [5, 5.41) is 8.86. The highest BCUT2D eigenvalue weighted by Crippen LogP contribution is 2.03. The molecule has 0 aliphatic heterocycles. The first kappa shape index (κ1) is 13.2. The minimum absolute atomic E-state index is 0.243. The molecule has 0 saturated heterocycles. The molecule has 1 aromatic rings. The van der Waals surface area contributed by atoms with E-state index in [4.69, 9.17) is 5.11 Å².